The van der Waals surface area contributed by atoms with Gasteiger partial charge in [0.1, 0.15) is 5.67 Å². The lowest BCUT2D eigenvalue weighted by atomic mass is 9.42. The monoisotopic (exact) mass is 520 g/mol. The molecule has 206 valence electrons. The summed E-state index contributed by atoms with van der Waals surface area (Å²) in [7, 11) is 0. The number of carbonyl (C=O) groups excluding carboxylic acids is 4. The summed E-state index contributed by atoms with van der Waals surface area (Å²) in [5.41, 5.74) is -4.93. The molecular weight excluding hydrogens is 479 g/mol. The standard InChI is InChI=1S/C29H41FO7/c1-7-8-25(35)37-29(24(34)15-36-18(4)31)17(3)12-21-22-11-16(2)20-13-19(32)9-10-26(20,5)28(22,30)23(33)14-27(21,29)6/h13,16-17,21-23,33H,7-12,14-15H2,1-6H3/t16-,17+,21-,22-,23-,26-,27-,28-,29-/m0/s1. The van der Waals surface area contributed by atoms with Gasteiger partial charge in [0.15, 0.2) is 18.0 Å². The number of fused-ring (bicyclic) bond motifs is 5. The first-order valence-corrected chi connectivity index (χ1v) is 13.7. The number of Topliss-reactive ketones (excluding diaryl/α,β-unsaturated/α-hetero) is 1. The Bertz CT molecular complexity index is 1040. The molecule has 0 aromatic heterocycles. The topological polar surface area (TPSA) is 107 Å². The summed E-state index contributed by atoms with van der Waals surface area (Å²) in [6.07, 6.45) is 2.15. The van der Waals surface area contributed by atoms with Gasteiger partial charge in [0.25, 0.3) is 0 Å². The number of hydrogen-bond acceptors (Lipinski definition) is 7. The smallest absolute Gasteiger partial charge is 0.306 e. The lowest BCUT2D eigenvalue weighted by Gasteiger charge is -2.64. The minimum absolute atomic E-state index is 0.0103. The van der Waals surface area contributed by atoms with Crippen molar-refractivity contribution in [3.05, 3.63) is 11.6 Å². The van der Waals surface area contributed by atoms with E-state index in [9.17, 15) is 24.3 Å². The molecule has 7 nitrogen and oxygen atoms in total. The molecule has 8 heteroatoms. The van der Waals surface area contributed by atoms with Crippen LogP contribution in [0.4, 0.5) is 4.39 Å². The van der Waals surface area contributed by atoms with Gasteiger partial charge in [-0.05, 0) is 50.0 Å². The average Bonchev–Trinajstić information content (AvgIpc) is 3.03. The van der Waals surface area contributed by atoms with Crippen molar-refractivity contribution < 1.29 is 38.1 Å². The number of aliphatic hydroxyl groups excluding tert-OH is 1. The van der Waals surface area contributed by atoms with E-state index in [0.29, 0.717) is 25.7 Å². The molecule has 4 rings (SSSR count). The number of hydrogen-bond donors (Lipinski definition) is 1. The van der Waals surface area contributed by atoms with Gasteiger partial charge in [0.2, 0.25) is 5.78 Å². The Morgan fingerprint density at radius 3 is 2.46 bits per heavy atom. The normalized spacial score (nSPS) is 44.7. The quantitative estimate of drug-likeness (QED) is 0.521. The summed E-state index contributed by atoms with van der Waals surface area (Å²) in [6.45, 7) is 9.99. The molecule has 0 saturated heterocycles. The SMILES string of the molecule is CCCC(=O)O[C@]1(C(=O)COC(C)=O)[C@H](C)C[C@H]2[C@@H]3C[C@H](C)C4=CC(=O)CC[C@]4(C)[C@@]3(F)[C@@H](O)C[C@@]21C. The molecule has 0 unspecified atom stereocenters. The van der Waals surface area contributed by atoms with E-state index in [-0.39, 0.29) is 36.9 Å². The van der Waals surface area contributed by atoms with Gasteiger partial charge in [0, 0.05) is 42.4 Å². The molecule has 0 aliphatic heterocycles. The number of halogens is 1. The van der Waals surface area contributed by atoms with E-state index in [1.807, 2.05) is 34.6 Å². The zero-order valence-electron chi connectivity index (χ0n) is 22.9. The van der Waals surface area contributed by atoms with E-state index in [2.05, 4.69) is 0 Å². The molecule has 0 spiro atoms. The van der Waals surface area contributed by atoms with Crippen molar-refractivity contribution in [2.24, 2.45) is 34.5 Å². The van der Waals surface area contributed by atoms with Crippen molar-refractivity contribution >= 4 is 23.5 Å². The Hall–Kier alpha value is -2.09. The van der Waals surface area contributed by atoms with Gasteiger partial charge >= 0.3 is 11.9 Å². The first kappa shape index (κ1) is 27.9. The lowest BCUT2D eigenvalue weighted by Crippen LogP contribution is -2.71. The fourth-order valence-electron chi connectivity index (χ4n) is 8.87. The van der Waals surface area contributed by atoms with Crippen LogP contribution in [-0.2, 0) is 28.7 Å². The van der Waals surface area contributed by atoms with Gasteiger partial charge in [-0.2, -0.15) is 0 Å². The Morgan fingerprint density at radius 1 is 1.16 bits per heavy atom. The predicted molar refractivity (Wildman–Crippen MR) is 133 cm³/mol. The number of esters is 2. The maximum atomic E-state index is 17.6. The van der Waals surface area contributed by atoms with Crippen LogP contribution in [0.2, 0.25) is 0 Å². The van der Waals surface area contributed by atoms with Crippen LogP contribution in [0.1, 0.15) is 86.5 Å². The van der Waals surface area contributed by atoms with Gasteiger partial charge < -0.3 is 14.6 Å². The van der Waals surface area contributed by atoms with Crippen molar-refractivity contribution in [1.29, 1.82) is 0 Å². The summed E-state index contributed by atoms with van der Waals surface area (Å²) in [6, 6.07) is 0. The minimum atomic E-state index is -1.99. The maximum absolute atomic E-state index is 17.6. The lowest BCUT2D eigenvalue weighted by molar-refractivity contribution is -0.238. The Kier molecular flexibility index (Phi) is 7.01. The van der Waals surface area contributed by atoms with Gasteiger partial charge in [-0.3, -0.25) is 19.2 Å². The Morgan fingerprint density at radius 2 is 1.84 bits per heavy atom. The number of ether oxygens (including phenoxy) is 2. The van der Waals surface area contributed by atoms with E-state index in [1.54, 1.807) is 6.08 Å². The van der Waals surface area contributed by atoms with Crippen LogP contribution in [0.25, 0.3) is 0 Å². The molecule has 0 aromatic rings. The fraction of sp³-hybridized carbons (Fsp3) is 0.793. The van der Waals surface area contributed by atoms with Gasteiger partial charge in [0.05, 0.1) is 6.10 Å². The zero-order valence-corrected chi connectivity index (χ0v) is 22.9. The van der Waals surface area contributed by atoms with Crippen LogP contribution >= 0.6 is 0 Å². The fourth-order valence-corrected chi connectivity index (χ4v) is 8.87. The molecule has 0 heterocycles. The first-order chi connectivity index (χ1) is 17.2. The molecule has 9 atom stereocenters. The predicted octanol–water partition coefficient (Wildman–Crippen LogP) is 4.29. The average molecular weight is 521 g/mol. The highest BCUT2D eigenvalue weighted by Crippen LogP contribution is 2.72. The number of ketones is 2. The van der Waals surface area contributed by atoms with Crippen LogP contribution in [-0.4, -0.2) is 52.6 Å². The third-order valence-electron chi connectivity index (χ3n) is 10.5. The number of rotatable bonds is 6. The van der Waals surface area contributed by atoms with E-state index in [4.69, 9.17) is 9.47 Å². The molecule has 0 aromatic carbocycles. The number of aliphatic hydroxyl groups is 1. The highest BCUT2D eigenvalue weighted by molar-refractivity contribution is 5.94. The molecule has 0 amide bonds. The van der Waals surface area contributed by atoms with Crippen molar-refractivity contribution in [2.75, 3.05) is 6.61 Å². The molecule has 4 aliphatic rings. The third kappa shape index (κ3) is 3.75. The first-order valence-electron chi connectivity index (χ1n) is 13.7. The molecule has 37 heavy (non-hydrogen) atoms. The van der Waals surface area contributed by atoms with E-state index in [1.165, 1.54) is 6.92 Å². The molecule has 4 aliphatic carbocycles. The maximum Gasteiger partial charge on any atom is 0.306 e. The summed E-state index contributed by atoms with van der Waals surface area (Å²) in [5.74, 6) is -3.17. The molecule has 1 N–H and O–H groups in total. The minimum Gasteiger partial charge on any atom is -0.458 e. The van der Waals surface area contributed by atoms with E-state index < -0.39 is 64.4 Å². The second kappa shape index (κ2) is 9.28. The highest BCUT2D eigenvalue weighted by atomic mass is 19.1. The van der Waals surface area contributed by atoms with Crippen LogP contribution < -0.4 is 0 Å². The molecule has 0 radical (unpaired) electrons. The largest absolute Gasteiger partial charge is 0.458 e. The van der Waals surface area contributed by atoms with Crippen molar-refractivity contribution in [3.63, 3.8) is 0 Å². The van der Waals surface area contributed by atoms with Crippen LogP contribution in [0.5, 0.6) is 0 Å². The van der Waals surface area contributed by atoms with E-state index in [0.717, 1.165) is 5.57 Å². The van der Waals surface area contributed by atoms with Gasteiger partial charge in [-0.15, -0.1) is 0 Å². The van der Waals surface area contributed by atoms with Gasteiger partial charge in [-0.25, -0.2) is 4.39 Å². The molecule has 3 saturated carbocycles. The van der Waals surface area contributed by atoms with Gasteiger partial charge in [-0.1, -0.05) is 40.2 Å². The number of allylic oxidation sites excluding steroid dienone is 1. The van der Waals surface area contributed by atoms with E-state index >= 15 is 4.39 Å². The van der Waals surface area contributed by atoms with Crippen LogP contribution in [0.15, 0.2) is 11.6 Å². The highest BCUT2D eigenvalue weighted by Gasteiger charge is 2.77. The Balaban J connectivity index is 1.83. The van der Waals surface area contributed by atoms with Crippen molar-refractivity contribution in [2.45, 2.75) is 104 Å². The van der Waals surface area contributed by atoms with Crippen molar-refractivity contribution in [1.82, 2.24) is 0 Å². The summed E-state index contributed by atoms with van der Waals surface area (Å²) >= 11 is 0. The van der Waals surface area contributed by atoms with Crippen LogP contribution in [0.3, 0.4) is 0 Å². The second-order valence-corrected chi connectivity index (χ2v) is 12.5. The summed E-state index contributed by atoms with van der Waals surface area (Å²) in [5, 5.41) is 11.7. The number of alkyl halides is 1. The molecule has 3 fully saturated rings. The molecule has 0 bridgehead atoms. The summed E-state index contributed by atoms with van der Waals surface area (Å²) < 4.78 is 28.7. The Labute approximate surface area is 218 Å². The third-order valence-corrected chi connectivity index (χ3v) is 10.5. The second-order valence-electron chi connectivity index (χ2n) is 12.5. The summed E-state index contributed by atoms with van der Waals surface area (Å²) in [4.78, 5) is 50.6. The van der Waals surface area contributed by atoms with Crippen LogP contribution in [0, 0.1) is 34.5 Å². The molecular formula is C29H41FO7. The zero-order chi connectivity index (χ0) is 27.6. The van der Waals surface area contributed by atoms with Crippen molar-refractivity contribution in [3.8, 4) is 0 Å². The number of carbonyl (C=O) groups is 4.